The number of rotatable bonds is 6. The van der Waals surface area contributed by atoms with Gasteiger partial charge < -0.3 is 5.32 Å². The topological polar surface area (TPSA) is 47.7 Å². The molecule has 0 bridgehead atoms. The number of nitrogens with zero attached hydrogens (tertiary/aromatic N) is 4. The second-order valence-corrected chi connectivity index (χ2v) is 6.00. The third-order valence-corrected chi connectivity index (χ3v) is 3.71. The highest BCUT2D eigenvalue weighted by Gasteiger charge is 2.27. The molecule has 5 heteroatoms. The van der Waals surface area contributed by atoms with Crippen molar-refractivity contribution in [3.63, 3.8) is 0 Å². The van der Waals surface area contributed by atoms with Crippen LogP contribution in [0.4, 0.5) is 0 Å². The summed E-state index contributed by atoms with van der Waals surface area (Å²) in [5.74, 6) is 0.715. The molecule has 1 N–H and O–H groups in total. The Bertz CT molecular complexity index is 577. The van der Waals surface area contributed by atoms with Gasteiger partial charge in [0.2, 0.25) is 0 Å². The highest BCUT2D eigenvalue weighted by molar-refractivity contribution is 5.19. The summed E-state index contributed by atoms with van der Waals surface area (Å²) < 4.78 is 3.99. The fourth-order valence-corrected chi connectivity index (χ4v) is 2.51. The molecule has 5 nitrogen and oxygen atoms in total. The van der Waals surface area contributed by atoms with Crippen LogP contribution in [0.2, 0.25) is 0 Å². The Morgan fingerprint density at radius 2 is 2.15 bits per heavy atom. The second kappa shape index (κ2) is 5.40. The highest BCUT2D eigenvalue weighted by Crippen LogP contribution is 2.39. The number of hydrogen-bond acceptors (Lipinski definition) is 3. The van der Waals surface area contributed by atoms with Gasteiger partial charge in [-0.05, 0) is 32.8 Å². The van der Waals surface area contributed by atoms with E-state index in [1.165, 1.54) is 29.8 Å². The fraction of sp³-hybridized carbons (Fsp3) is 0.600. The Morgan fingerprint density at radius 1 is 1.35 bits per heavy atom. The van der Waals surface area contributed by atoms with Crippen molar-refractivity contribution in [2.24, 2.45) is 7.05 Å². The molecule has 1 fully saturated rings. The zero-order valence-corrected chi connectivity index (χ0v) is 12.5. The SMILES string of the molecule is CC(C)n1nc(C2CC2)cc1CNCc1cnn(C)c1. The van der Waals surface area contributed by atoms with Crippen LogP contribution in [0.5, 0.6) is 0 Å². The number of aryl methyl sites for hydroxylation is 1. The van der Waals surface area contributed by atoms with Crippen LogP contribution in [0.15, 0.2) is 18.5 Å². The maximum Gasteiger partial charge on any atom is 0.0659 e. The van der Waals surface area contributed by atoms with Crippen LogP contribution in [0, 0.1) is 0 Å². The molecule has 1 aliphatic rings. The van der Waals surface area contributed by atoms with E-state index in [1.807, 2.05) is 24.1 Å². The van der Waals surface area contributed by atoms with Gasteiger partial charge in [-0.25, -0.2) is 0 Å². The molecular formula is C15H23N5. The van der Waals surface area contributed by atoms with Crippen LogP contribution in [0.1, 0.15) is 55.6 Å². The van der Waals surface area contributed by atoms with Crippen LogP contribution in [0.25, 0.3) is 0 Å². The van der Waals surface area contributed by atoms with Crippen molar-refractivity contribution in [2.45, 2.75) is 51.7 Å². The molecule has 0 aliphatic heterocycles. The van der Waals surface area contributed by atoms with Gasteiger partial charge in [0, 0.05) is 43.9 Å². The predicted molar refractivity (Wildman–Crippen MR) is 78.3 cm³/mol. The van der Waals surface area contributed by atoms with Crippen LogP contribution in [-0.4, -0.2) is 19.6 Å². The summed E-state index contributed by atoms with van der Waals surface area (Å²) in [7, 11) is 1.94. The van der Waals surface area contributed by atoms with Crippen LogP contribution < -0.4 is 5.32 Å². The molecule has 0 saturated heterocycles. The van der Waals surface area contributed by atoms with Crippen LogP contribution in [0.3, 0.4) is 0 Å². The van der Waals surface area contributed by atoms with Crippen molar-refractivity contribution in [3.05, 3.63) is 35.4 Å². The van der Waals surface area contributed by atoms with Gasteiger partial charge in [-0.1, -0.05) is 0 Å². The summed E-state index contributed by atoms with van der Waals surface area (Å²) in [6.07, 6.45) is 6.56. The first-order valence-corrected chi connectivity index (χ1v) is 7.40. The monoisotopic (exact) mass is 273 g/mol. The van der Waals surface area contributed by atoms with Gasteiger partial charge in [-0.3, -0.25) is 9.36 Å². The summed E-state index contributed by atoms with van der Waals surface area (Å²) in [5.41, 5.74) is 3.77. The molecular weight excluding hydrogens is 250 g/mol. The van der Waals surface area contributed by atoms with E-state index in [2.05, 4.69) is 35.0 Å². The van der Waals surface area contributed by atoms with Crippen LogP contribution >= 0.6 is 0 Å². The van der Waals surface area contributed by atoms with E-state index < -0.39 is 0 Å². The molecule has 0 spiro atoms. The Labute approximate surface area is 120 Å². The van der Waals surface area contributed by atoms with Gasteiger partial charge in [0.05, 0.1) is 17.6 Å². The van der Waals surface area contributed by atoms with E-state index in [0.717, 1.165) is 13.1 Å². The molecule has 2 aromatic heterocycles. The normalized spacial score (nSPS) is 15.2. The third-order valence-electron chi connectivity index (χ3n) is 3.71. The standard InChI is InChI=1S/C15H23N5/c1-11(2)20-14(6-15(18-20)13-4-5-13)9-16-7-12-8-17-19(3)10-12/h6,8,10-11,13,16H,4-5,7,9H2,1-3H3. The van der Waals surface area contributed by atoms with Gasteiger partial charge in [0.25, 0.3) is 0 Å². The van der Waals surface area contributed by atoms with Crippen molar-refractivity contribution in [3.8, 4) is 0 Å². The molecule has 0 radical (unpaired) electrons. The van der Waals surface area contributed by atoms with E-state index in [-0.39, 0.29) is 0 Å². The van der Waals surface area contributed by atoms with Gasteiger partial charge in [0.1, 0.15) is 0 Å². The molecule has 0 aromatic carbocycles. The first-order chi connectivity index (χ1) is 9.63. The van der Waals surface area contributed by atoms with Gasteiger partial charge in [0.15, 0.2) is 0 Å². The van der Waals surface area contributed by atoms with E-state index in [0.29, 0.717) is 12.0 Å². The van der Waals surface area contributed by atoms with Gasteiger partial charge >= 0.3 is 0 Å². The molecule has 2 heterocycles. The zero-order chi connectivity index (χ0) is 14.1. The molecule has 20 heavy (non-hydrogen) atoms. The minimum absolute atomic E-state index is 0.415. The first-order valence-electron chi connectivity index (χ1n) is 7.40. The molecule has 3 rings (SSSR count). The van der Waals surface area contributed by atoms with Gasteiger partial charge in [-0.2, -0.15) is 10.2 Å². The molecule has 0 amide bonds. The molecule has 108 valence electrons. The van der Waals surface area contributed by atoms with Crippen molar-refractivity contribution in [1.82, 2.24) is 24.9 Å². The number of aromatic nitrogens is 4. The minimum Gasteiger partial charge on any atom is -0.307 e. The highest BCUT2D eigenvalue weighted by atomic mass is 15.3. The van der Waals surface area contributed by atoms with Crippen molar-refractivity contribution >= 4 is 0 Å². The number of hydrogen-bond donors (Lipinski definition) is 1. The zero-order valence-electron chi connectivity index (χ0n) is 12.5. The second-order valence-electron chi connectivity index (χ2n) is 6.00. The van der Waals surface area contributed by atoms with E-state index >= 15 is 0 Å². The molecule has 0 atom stereocenters. The Kier molecular flexibility index (Phi) is 3.61. The van der Waals surface area contributed by atoms with E-state index in [4.69, 9.17) is 5.10 Å². The average molecular weight is 273 g/mol. The van der Waals surface area contributed by atoms with Gasteiger partial charge in [-0.15, -0.1) is 0 Å². The molecule has 1 saturated carbocycles. The lowest BCUT2D eigenvalue weighted by atomic mass is 10.2. The summed E-state index contributed by atoms with van der Waals surface area (Å²) in [5, 5.41) is 12.4. The van der Waals surface area contributed by atoms with E-state index in [9.17, 15) is 0 Å². The van der Waals surface area contributed by atoms with Crippen molar-refractivity contribution < 1.29 is 0 Å². The minimum atomic E-state index is 0.415. The molecule has 1 aliphatic carbocycles. The summed E-state index contributed by atoms with van der Waals surface area (Å²) in [6, 6.07) is 2.69. The maximum absolute atomic E-state index is 4.76. The average Bonchev–Trinajstić information content (AvgIpc) is 3.04. The third kappa shape index (κ3) is 2.93. The van der Waals surface area contributed by atoms with Crippen molar-refractivity contribution in [2.75, 3.05) is 0 Å². The van der Waals surface area contributed by atoms with E-state index in [1.54, 1.807) is 0 Å². The predicted octanol–water partition coefficient (Wildman–Crippen LogP) is 2.36. The van der Waals surface area contributed by atoms with Crippen LogP contribution in [-0.2, 0) is 20.1 Å². The van der Waals surface area contributed by atoms with Crippen molar-refractivity contribution in [1.29, 1.82) is 0 Å². The lowest BCUT2D eigenvalue weighted by Gasteiger charge is -2.11. The summed E-state index contributed by atoms with van der Waals surface area (Å²) in [6.45, 7) is 6.07. The lowest BCUT2D eigenvalue weighted by molar-refractivity contribution is 0.491. The Balaban J connectivity index is 1.63. The number of nitrogens with one attached hydrogen (secondary N) is 1. The Hall–Kier alpha value is -1.62. The summed E-state index contributed by atoms with van der Waals surface area (Å²) in [4.78, 5) is 0. The smallest absolute Gasteiger partial charge is 0.0659 e. The fourth-order valence-electron chi connectivity index (χ4n) is 2.51. The maximum atomic E-state index is 4.76. The quantitative estimate of drug-likeness (QED) is 0.879. The first kappa shape index (κ1) is 13.4. The Morgan fingerprint density at radius 3 is 2.75 bits per heavy atom. The molecule has 2 aromatic rings. The molecule has 0 unspecified atom stereocenters. The lowest BCUT2D eigenvalue weighted by Crippen LogP contribution is -2.17. The summed E-state index contributed by atoms with van der Waals surface area (Å²) >= 11 is 0. The largest absolute Gasteiger partial charge is 0.307 e.